The second-order valence-corrected chi connectivity index (χ2v) is 4.40. The van der Waals surface area contributed by atoms with Crippen molar-refractivity contribution in [3.8, 4) is 6.07 Å². The average Bonchev–Trinajstić information content (AvgIpc) is 2.97. The van der Waals surface area contributed by atoms with E-state index in [0.717, 1.165) is 6.42 Å². The van der Waals surface area contributed by atoms with Crippen LogP contribution in [0.3, 0.4) is 0 Å². The Labute approximate surface area is 85.4 Å². The predicted molar refractivity (Wildman–Crippen MR) is 57.0 cm³/mol. The van der Waals surface area contributed by atoms with Crippen LogP contribution in [0.15, 0.2) is 24.3 Å². The molecule has 0 aromatic heterocycles. The van der Waals surface area contributed by atoms with E-state index in [-0.39, 0.29) is 5.92 Å². The highest BCUT2D eigenvalue weighted by atomic mass is 14.4. The highest BCUT2D eigenvalue weighted by Gasteiger charge is 2.38. The molecule has 14 heavy (non-hydrogen) atoms. The number of benzene rings is 1. The van der Waals surface area contributed by atoms with Crippen LogP contribution in [-0.4, -0.2) is 0 Å². The lowest BCUT2D eigenvalue weighted by Crippen LogP contribution is -1.88. The van der Waals surface area contributed by atoms with Gasteiger partial charge in [0.15, 0.2) is 0 Å². The molecule has 2 atom stereocenters. The van der Waals surface area contributed by atoms with Crippen LogP contribution in [0.2, 0.25) is 0 Å². The van der Waals surface area contributed by atoms with Crippen LogP contribution in [0.5, 0.6) is 0 Å². The minimum atomic E-state index is 0.278. The summed E-state index contributed by atoms with van der Waals surface area (Å²) in [5, 5.41) is 8.73. The maximum Gasteiger partial charge on any atom is 0.0662 e. The molecule has 2 rings (SSSR count). The van der Waals surface area contributed by atoms with Gasteiger partial charge in [0, 0.05) is 5.92 Å². The molecule has 1 aromatic carbocycles. The molecule has 2 unspecified atom stereocenters. The van der Waals surface area contributed by atoms with Crippen LogP contribution in [0.25, 0.3) is 0 Å². The van der Waals surface area contributed by atoms with Gasteiger partial charge in [0.1, 0.15) is 0 Å². The van der Waals surface area contributed by atoms with E-state index in [2.05, 4.69) is 44.2 Å². The minimum absolute atomic E-state index is 0.278. The van der Waals surface area contributed by atoms with Gasteiger partial charge in [-0.3, -0.25) is 0 Å². The number of nitriles is 1. The zero-order chi connectivity index (χ0) is 10.1. The Morgan fingerprint density at radius 2 is 1.93 bits per heavy atom. The van der Waals surface area contributed by atoms with Crippen LogP contribution >= 0.6 is 0 Å². The SMILES string of the molecule is CC(C)c1ccc(C2CC2C#N)cc1. The van der Waals surface area contributed by atoms with Gasteiger partial charge >= 0.3 is 0 Å². The van der Waals surface area contributed by atoms with Crippen LogP contribution < -0.4 is 0 Å². The van der Waals surface area contributed by atoms with Crippen molar-refractivity contribution >= 4 is 0 Å². The Balaban J connectivity index is 2.12. The summed E-state index contributed by atoms with van der Waals surface area (Å²) in [6.45, 7) is 4.40. The van der Waals surface area contributed by atoms with E-state index in [9.17, 15) is 0 Å². The van der Waals surface area contributed by atoms with Gasteiger partial charge < -0.3 is 0 Å². The van der Waals surface area contributed by atoms with E-state index >= 15 is 0 Å². The van der Waals surface area contributed by atoms with Crippen LogP contribution in [0.4, 0.5) is 0 Å². The van der Waals surface area contributed by atoms with Crippen LogP contribution in [-0.2, 0) is 0 Å². The number of hydrogen-bond donors (Lipinski definition) is 0. The molecule has 0 N–H and O–H groups in total. The standard InChI is InChI=1S/C13H15N/c1-9(2)10-3-5-11(6-4-10)13-7-12(13)8-14/h3-6,9,12-13H,7H2,1-2H3. The molecule has 0 saturated heterocycles. The lowest BCUT2D eigenvalue weighted by Gasteiger charge is -2.05. The quantitative estimate of drug-likeness (QED) is 0.692. The van der Waals surface area contributed by atoms with E-state index in [1.165, 1.54) is 11.1 Å². The molecule has 0 amide bonds. The summed E-state index contributed by atoms with van der Waals surface area (Å²) in [5.41, 5.74) is 2.71. The molecule has 1 fully saturated rings. The van der Waals surface area contributed by atoms with E-state index in [0.29, 0.717) is 11.8 Å². The van der Waals surface area contributed by atoms with Crippen molar-refractivity contribution < 1.29 is 0 Å². The highest BCUT2D eigenvalue weighted by Crippen LogP contribution is 2.46. The summed E-state index contributed by atoms with van der Waals surface area (Å²) < 4.78 is 0. The molecule has 1 aromatic rings. The van der Waals surface area contributed by atoms with Crippen molar-refractivity contribution in [1.29, 1.82) is 5.26 Å². The maximum absolute atomic E-state index is 8.73. The van der Waals surface area contributed by atoms with Crippen LogP contribution in [0, 0.1) is 17.2 Å². The van der Waals surface area contributed by atoms with Crippen molar-refractivity contribution in [1.82, 2.24) is 0 Å². The van der Waals surface area contributed by atoms with E-state index in [1.807, 2.05) is 0 Å². The largest absolute Gasteiger partial charge is 0.198 e. The Morgan fingerprint density at radius 3 is 2.36 bits per heavy atom. The van der Waals surface area contributed by atoms with Gasteiger partial charge in [0.2, 0.25) is 0 Å². The summed E-state index contributed by atoms with van der Waals surface area (Å²) in [6.07, 6.45) is 1.05. The smallest absolute Gasteiger partial charge is 0.0662 e. The fourth-order valence-corrected chi connectivity index (χ4v) is 1.83. The lowest BCUT2D eigenvalue weighted by molar-refractivity contribution is 0.864. The molecule has 1 aliphatic rings. The topological polar surface area (TPSA) is 23.8 Å². The second-order valence-electron chi connectivity index (χ2n) is 4.40. The monoisotopic (exact) mass is 185 g/mol. The van der Waals surface area contributed by atoms with Gasteiger partial charge in [-0.2, -0.15) is 5.26 Å². The van der Waals surface area contributed by atoms with Crippen LogP contribution in [0.1, 0.15) is 43.2 Å². The summed E-state index contributed by atoms with van der Waals surface area (Å²) in [5.74, 6) is 1.39. The Kier molecular flexibility index (Phi) is 2.29. The summed E-state index contributed by atoms with van der Waals surface area (Å²) >= 11 is 0. The first kappa shape index (κ1) is 9.27. The van der Waals surface area contributed by atoms with Crippen molar-refractivity contribution in [3.63, 3.8) is 0 Å². The third-order valence-electron chi connectivity index (χ3n) is 2.99. The van der Waals surface area contributed by atoms with E-state index in [1.54, 1.807) is 0 Å². The molecule has 72 valence electrons. The number of hydrogen-bond acceptors (Lipinski definition) is 1. The van der Waals surface area contributed by atoms with Gasteiger partial charge in [0.05, 0.1) is 12.0 Å². The van der Waals surface area contributed by atoms with Crippen molar-refractivity contribution in [2.24, 2.45) is 5.92 Å². The zero-order valence-corrected chi connectivity index (χ0v) is 8.70. The fraction of sp³-hybridized carbons (Fsp3) is 0.462. The Morgan fingerprint density at radius 1 is 1.29 bits per heavy atom. The minimum Gasteiger partial charge on any atom is -0.198 e. The molecule has 0 heterocycles. The average molecular weight is 185 g/mol. The van der Waals surface area contributed by atoms with Gasteiger partial charge in [-0.1, -0.05) is 38.1 Å². The van der Waals surface area contributed by atoms with Gasteiger partial charge in [0.25, 0.3) is 0 Å². The molecule has 0 spiro atoms. The summed E-state index contributed by atoms with van der Waals surface area (Å²) in [7, 11) is 0. The molecule has 0 bridgehead atoms. The summed E-state index contributed by atoms with van der Waals surface area (Å²) in [4.78, 5) is 0. The number of nitrogens with zero attached hydrogens (tertiary/aromatic N) is 1. The van der Waals surface area contributed by atoms with Crippen molar-refractivity contribution in [2.75, 3.05) is 0 Å². The first-order valence-corrected chi connectivity index (χ1v) is 5.22. The highest BCUT2D eigenvalue weighted by molar-refractivity contribution is 5.32. The fourth-order valence-electron chi connectivity index (χ4n) is 1.83. The van der Waals surface area contributed by atoms with E-state index in [4.69, 9.17) is 5.26 Å². The molecule has 1 aliphatic carbocycles. The van der Waals surface area contributed by atoms with Gasteiger partial charge in [-0.25, -0.2) is 0 Å². The Hall–Kier alpha value is -1.29. The first-order chi connectivity index (χ1) is 6.72. The molecule has 0 aliphatic heterocycles. The third-order valence-corrected chi connectivity index (χ3v) is 2.99. The molecular weight excluding hydrogens is 170 g/mol. The van der Waals surface area contributed by atoms with Crippen molar-refractivity contribution in [3.05, 3.63) is 35.4 Å². The van der Waals surface area contributed by atoms with E-state index < -0.39 is 0 Å². The molecule has 1 saturated carbocycles. The van der Waals surface area contributed by atoms with Crippen molar-refractivity contribution in [2.45, 2.75) is 32.1 Å². The maximum atomic E-state index is 8.73. The lowest BCUT2D eigenvalue weighted by atomic mass is 10.00. The predicted octanol–water partition coefficient (Wildman–Crippen LogP) is 3.44. The number of rotatable bonds is 2. The normalized spacial score (nSPS) is 24.7. The van der Waals surface area contributed by atoms with Gasteiger partial charge in [-0.15, -0.1) is 0 Å². The molecule has 0 radical (unpaired) electrons. The van der Waals surface area contributed by atoms with Gasteiger partial charge in [-0.05, 0) is 23.5 Å². The zero-order valence-electron chi connectivity index (χ0n) is 8.70. The first-order valence-electron chi connectivity index (χ1n) is 5.22. The summed E-state index contributed by atoms with van der Waals surface area (Å²) in [6, 6.07) is 11.1. The molecule has 1 heteroatoms. The second kappa shape index (κ2) is 3.46. The Bertz CT molecular complexity index is 356. The molecular formula is C13H15N. The molecule has 1 nitrogen and oxygen atoms in total. The third kappa shape index (κ3) is 1.65.